The molecular formula is C35H27N3O7S2. The molecule has 4 aromatic carbocycles. The molecule has 12 heteroatoms. The van der Waals surface area contributed by atoms with Crippen LogP contribution in [0.15, 0.2) is 111 Å². The van der Waals surface area contributed by atoms with E-state index in [4.69, 9.17) is 9.47 Å². The van der Waals surface area contributed by atoms with Gasteiger partial charge in [0.1, 0.15) is 5.75 Å². The molecule has 0 N–H and O–H groups in total. The van der Waals surface area contributed by atoms with E-state index in [0.29, 0.717) is 20.6 Å². The normalized spacial score (nSPS) is 14.4. The van der Waals surface area contributed by atoms with Gasteiger partial charge in [0.2, 0.25) is 0 Å². The average Bonchev–Trinajstić information content (AvgIpc) is 3.38. The minimum absolute atomic E-state index is 0.128. The number of hydrogen-bond donors (Lipinski definition) is 0. The number of non-ortho nitro benzene ring substituents is 1. The maximum atomic E-state index is 14.3. The third-order valence-electron chi connectivity index (χ3n) is 7.67. The van der Waals surface area contributed by atoms with Gasteiger partial charge in [-0.1, -0.05) is 53.8 Å². The van der Waals surface area contributed by atoms with Crippen molar-refractivity contribution >= 4 is 57.6 Å². The van der Waals surface area contributed by atoms with Crippen molar-refractivity contribution in [1.82, 2.24) is 4.57 Å². The van der Waals surface area contributed by atoms with Crippen LogP contribution in [0.3, 0.4) is 0 Å². The number of carbonyl (C=O) groups is 2. The molecule has 2 heterocycles. The Balaban J connectivity index is 1.51. The molecule has 5 aromatic rings. The predicted octanol–water partition coefficient (Wildman–Crippen LogP) is 5.80. The van der Waals surface area contributed by atoms with E-state index < -0.39 is 22.9 Å². The zero-order chi connectivity index (χ0) is 33.2. The van der Waals surface area contributed by atoms with Crippen molar-refractivity contribution in [3.8, 4) is 5.75 Å². The lowest BCUT2D eigenvalue weighted by Crippen LogP contribution is -2.39. The maximum absolute atomic E-state index is 14.3. The lowest BCUT2D eigenvalue weighted by Gasteiger charge is -2.24. The Morgan fingerprint density at radius 1 is 1.02 bits per heavy atom. The molecule has 0 saturated heterocycles. The summed E-state index contributed by atoms with van der Waals surface area (Å²) in [6, 6.07) is 23.0. The largest absolute Gasteiger partial charge is 0.463 e. The molecule has 0 spiro atoms. The fourth-order valence-corrected chi connectivity index (χ4v) is 6.85. The summed E-state index contributed by atoms with van der Waals surface area (Å²) in [5.41, 5.74) is 1.57. The number of aromatic nitrogens is 1. The second-order valence-electron chi connectivity index (χ2n) is 10.5. The van der Waals surface area contributed by atoms with Gasteiger partial charge in [0.15, 0.2) is 4.80 Å². The van der Waals surface area contributed by atoms with E-state index in [1.165, 1.54) is 28.8 Å². The number of hydrogen-bond acceptors (Lipinski definition) is 10. The van der Waals surface area contributed by atoms with Crippen molar-refractivity contribution in [3.63, 3.8) is 0 Å². The Bertz CT molecular complexity index is 2270. The van der Waals surface area contributed by atoms with Gasteiger partial charge in [-0.3, -0.25) is 19.5 Å². The lowest BCUT2D eigenvalue weighted by molar-refractivity contribution is -0.384. The highest BCUT2D eigenvalue weighted by molar-refractivity contribution is 7.98. The monoisotopic (exact) mass is 665 g/mol. The van der Waals surface area contributed by atoms with Gasteiger partial charge in [-0.2, -0.15) is 0 Å². The molecule has 0 unspecified atom stereocenters. The Morgan fingerprint density at radius 2 is 1.74 bits per heavy atom. The third kappa shape index (κ3) is 6.12. The summed E-state index contributed by atoms with van der Waals surface area (Å²) in [6.07, 6.45) is 3.64. The van der Waals surface area contributed by atoms with Crippen LogP contribution < -0.4 is 19.6 Å². The third-order valence-corrected chi connectivity index (χ3v) is 9.40. The van der Waals surface area contributed by atoms with Crippen LogP contribution in [0.25, 0.3) is 16.8 Å². The first-order valence-electron chi connectivity index (χ1n) is 14.5. The molecule has 0 saturated carbocycles. The maximum Gasteiger partial charge on any atom is 0.343 e. The van der Waals surface area contributed by atoms with Gasteiger partial charge in [0.25, 0.3) is 11.2 Å². The van der Waals surface area contributed by atoms with Crippen LogP contribution in [0.1, 0.15) is 41.4 Å². The molecule has 1 aliphatic rings. The van der Waals surface area contributed by atoms with Crippen molar-refractivity contribution in [1.29, 1.82) is 0 Å². The minimum Gasteiger partial charge on any atom is -0.463 e. The highest BCUT2D eigenvalue weighted by Crippen LogP contribution is 2.33. The molecule has 1 atom stereocenters. The van der Waals surface area contributed by atoms with Crippen molar-refractivity contribution in [2.75, 3.05) is 12.9 Å². The van der Waals surface area contributed by atoms with Crippen molar-refractivity contribution in [3.05, 3.63) is 143 Å². The molecule has 1 aromatic heterocycles. The number of thioether (sulfide) groups is 1. The lowest BCUT2D eigenvalue weighted by atomic mass is 9.96. The number of thiazole rings is 1. The van der Waals surface area contributed by atoms with Gasteiger partial charge in [0, 0.05) is 22.6 Å². The second-order valence-corrected chi connectivity index (χ2v) is 12.4. The number of nitro groups is 1. The first-order chi connectivity index (χ1) is 22.7. The molecule has 0 aliphatic carbocycles. The number of nitrogens with zero attached hydrogens (tertiary/aromatic N) is 3. The molecule has 10 nitrogen and oxygen atoms in total. The van der Waals surface area contributed by atoms with Crippen LogP contribution in [-0.2, 0) is 9.53 Å². The van der Waals surface area contributed by atoms with E-state index in [1.54, 1.807) is 43.8 Å². The number of benzene rings is 4. The minimum atomic E-state index is -0.768. The summed E-state index contributed by atoms with van der Waals surface area (Å²) in [5.74, 6) is -1.06. The second kappa shape index (κ2) is 13.2. The molecule has 6 rings (SSSR count). The number of carbonyl (C=O) groups excluding carboxylic acids is 2. The fraction of sp³-hybridized carbons (Fsp3) is 0.143. The van der Waals surface area contributed by atoms with Crippen LogP contribution in [0.4, 0.5) is 5.69 Å². The van der Waals surface area contributed by atoms with Crippen LogP contribution in [0.2, 0.25) is 0 Å². The Labute approximate surface area is 276 Å². The average molecular weight is 666 g/mol. The molecule has 0 bridgehead atoms. The molecule has 47 heavy (non-hydrogen) atoms. The van der Waals surface area contributed by atoms with E-state index in [1.807, 2.05) is 54.8 Å². The number of ether oxygens (including phenoxy) is 2. The van der Waals surface area contributed by atoms with Gasteiger partial charge < -0.3 is 9.47 Å². The zero-order valence-electron chi connectivity index (χ0n) is 25.5. The fourth-order valence-electron chi connectivity index (χ4n) is 5.42. The highest BCUT2D eigenvalue weighted by atomic mass is 32.2. The summed E-state index contributed by atoms with van der Waals surface area (Å²) in [4.78, 5) is 57.3. The summed E-state index contributed by atoms with van der Waals surface area (Å²) < 4.78 is 13.0. The number of fused-ring (bicyclic) bond motifs is 2. The van der Waals surface area contributed by atoms with Gasteiger partial charge >= 0.3 is 11.9 Å². The number of nitro benzene ring substituents is 1. The SMILES string of the molecule is CCOC(=O)C1=C(C)N=c2s/c(=C\c3c(OC(=O)c4ccc([N+](=O)[O-])cc4)ccc4ccccc34)c(=O)n2[C@@H]1c1ccc(SC)cc1. The van der Waals surface area contributed by atoms with Gasteiger partial charge in [0.05, 0.1) is 38.9 Å². The van der Waals surface area contributed by atoms with Crippen LogP contribution >= 0.6 is 23.1 Å². The number of esters is 2. The van der Waals surface area contributed by atoms with E-state index in [-0.39, 0.29) is 34.7 Å². The number of rotatable bonds is 8. The van der Waals surface area contributed by atoms with Gasteiger partial charge in [-0.05, 0) is 72.8 Å². The van der Waals surface area contributed by atoms with Crippen LogP contribution in [0, 0.1) is 10.1 Å². The summed E-state index contributed by atoms with van der Waals surface area (Å²) in [6.45, 7) is 3.62. The molecule has 0 radical (unpaired) electrons. The topological polar surface area (TPSA) is 130 Å². The first-order valence-corrected chi connectivity index (χ1v) is 16.6. The number of allylic oxidation sites excluding steroid dienone is 1. The van der Waals surface area contributed by atoms with Crippen molar-refractivity contribution in [2.45, 2.75) is 24.8 Å². The van der Waals surface area contributed by atoms with Crippen molar-refractivity contribution in [2.24, 2.45) is 4.99 Å². The van der Waals surface area contributed by atoms with Crippen LogP contribution in [-0.4, -0.2) is 34.3 Å². The van der Waals surface area contributed by atoms with Crippen molar-refractivity contribution < 1.29 is 24.0 Å². The molecule has 0 fully saturated rings. The van der Waals surface area contributed by atoms with Crippen LogP contribution in [0.5, 0.6) is 5.75 Å². The summed E-state index contributed by atoms with van der Waals surface area (Å²) >= 11 is 2.75. The van der Waals surface area contributed by atoms with Gasteiger partial charge in [-0.25, -0.2) is 14.6 Å². The Morgan fingerprint density at radius 3 is 2.43 bits per heavy atom. The Hall–Kier alpha value is -5.33. The predicted molar refractivity (Wildman–Crippen MR) is 181 cm³/mol. The molecular weight excluding hydrogens is 639 g/mol. The standard InChI is InChI=1S/C35H27N3O7S2/c1-4-44-34(41)30-20(2)36-35-37(31(30)22-11-16-25(46-3)17-12-22)32(39)29(47-35)19-27-26-8-6-5-7-21(26)13-18-28(27)45-33(40)23-9-14-24(15-10-23)38(42)43/h5-19,31H,4H2,1-3H3/b29-19-/t31-/m1/s1. The van der Waals surface area contributed by atoms with Gasteiger partial charge in [-0.15, -0.1) is 11.8 Å². The quantitative estimate of drug-likeness (QED) is 0.0669. The zero-order valence-corrected chi connectivity index (χ0v) is 27.1. The molecule has 1 aliphatic heterocycles. The Kier molecular flexibility index (Phi) is 8.88. The summed E-state index contributed by atoms with van der Waals surface area (Å²) in [7, 11) is 0. The highest BCUT2D eigenvalue weighted by Gasteiger charge is 2.33. The first kappa shape index (κ1) is 31.6. The van der Waals surface area contributed by atoms with E-state index in [2.05, 4.69) is 4.99 Å². The summed E-state index contributed by atoms with van der Waals surface area (Å²) in [5, 5.41) is 12.7. The molecule has 0 amide bonds. The smallest absolute Gasteiger partial charge is 0.343 e. The van der Waals surface area contributed by atoms with E-state index in [9.17, 15) is 24.5 Å². The van der Waals surface area contributed by atoms with E-state index in [0.717, 1.165) is 32.6 Å². The van der Waals surface area contributed by atoms with E-state index >= 15 is 0 Å². The molecule has 236 valence electrons.